The van der Waals surface area contributed by atoms with Gasteiger partial charge in [-0.15, -0.1) is 0 Å². The predicted octanol–water partition coefficient (Wildman–Crippen LogP) is 2.45. The monoisotopic (exact) mass is 472 g/mol. The third-order valence-corrected chi connectivity index (χ3v) is 6.63. The van der Waals surface area contributed by atoms with Gasteiger partial charge in [0.05, 0.1) is 24.0 Å². The van der Waals surface area contributed by atoms with Crippen molar-refractivity contribution in [2.75, 3.05) is 34.4 Å². The Morgan fingerprint density at radius 3 is 2.58 bits per heavy atom. The van der Waals surface area contributed by atoms with Crippen LogP contribution in [-0.4, -0.2) is 53.2 Å². The molecule has 0 spiro atoms. The molecule has 1 aliphatic heterocycles. The highest BCUT2D eigenvalue weighted by Gasteiger charge is 2.31. The van der Waals surface area contributed by atoms with Crippen LogP contribution < -0.4 is 20.3 Å². The number of halogens is 1. The Morgan fingerprint density at radius 2 is 1.91 bits per heavy atom. The second kappa shape index (κ2) is 9.63. The maximum atomic E-state index is 13.3. The summed E-state index contributed by atoms with van der Waals surface area (Å²) in [7, 11) is -3.27. The van der Waals surface area contributed by atoms with E-state index in [4.69, 9.17) is 0 Å². The summed E-state index contributed by atoms with van der Waals surface area (Å²) in [4.78, 5) is 19.4. The van der Waals surface area contributed by atoms with Gasteiger partial charge in [-0.05, 0) is 31.5 Å². The van der Waals surface area contributed by atoms with Crippen LogP contribution in [0, 0.1) is 5.82 Å². The molecule has 1 saturated heterocycles. The normalized spacial score (nSPS) is 15.1. The number of nitrogens with one attached hydrogen (secondary N) is 3. The molecule has 4 rings (SSSR count). The highest BCUT2D eigenvalue weighted by molar-refractivity contribution is 7.89. The molecule has 0 bridgehead atoms. The topological polar surface area (TPSA) is 125 Å². The van der Waals surface area contributed by atoms with Gasteiger partial charge in [-0.1, -0.05) is 12.1 Å². The van der Waals surface area contributed by atoms with Crippen molar-refractivity contribution in [2.45, 2.75) is 25.9 Å². The zero-order valence-electron chi connectivity index (χ0n) is 18.2. The first-order chi connectivity index (χ1) is 15.8. The molecule has 3 heterocycles. The van der Waals surface area contributed by atoms with Gasteiger partial charge in [0.2, 0.25) is 16.0 Å². The molecule has 1 atom stereocenters. The second-order valence-corrected chi connectivity index (χ2v) is 9.73. The minimum absolute atomic E-state index is 0.0402. The molecule has 0 radical (unpaired) electrons. The molecular formula is C21H25FN8O2S. The van der Waals surface area contributed by atoms with Crippen LogP contribution >= 0.6 is 0 Å². The summed E-state index contributed by atoms with van der Waals surface area (Å²) in [6, 6.07) is 7.64. The highest BCUT2D eigenvalue weighted by Crippen LogP contribution is 2.26. The zero-order valence-corrected chi connectivity index (χ0v) is 19.1. The number of benzene rings is 1. The fourth-order valence-electron chi connectivity index (χ4n) is 3.33. The predicted molar refractivity (Wildman–Crippen MR) is 124 cm³/mol. The first-order valence-electron chi connectivity index (χ1n) is 10.5. The lowest BCUT2D eigenvalue weighted by Gasteiger charge is -2.40. The van der Waals surface area contributed by atoms with Crippen molar-refractivity contribution in [2.24, 2.45) is 0 Å². The minimum Gasteiger partial charge on any atom is -0.353 e. The van der Waals surface area contributed by atoms with E-state index >= 15 is 0 Å². The van der Waals surface area contributed by atoms with E-state index < -0.39 is 10.0 Å². The van der Waals surface area contributed by atoms with Crippen molar-refractivity contribution in [1.82, 2.24) is 24.7 Å². The van der Waals surface area contributed by atoms with Crippen LogP contribution in [0.15, 0.2) is 48.9 Å². The van der Waals surface area contributed by atoms with E-state index in [2.05, 4.69) is 35.3 Å². The van der Waals surface area contributed by atoms with Gasteiger partial charge in [0.15, 0.2) is 0 Å². The largest absolute Gasteiger partial charge is 0.353 e. The van der Waals surface area contributed by atoms with Crippen molar-refractivity contribution < 1.29 is 12.8 Å². The smallest absolute Gasteiger partial charge is 0.227 e. The van der Waals surface area contributed by atoms with Gasteiger partial charge in [0, 0.05) is 31.5 Å². The number of anilines is 4. The number of aromatic nitrogens is 4. The zero-order chi connectivity index (χ0) is 23.4. The number of nitrogens with zero attached hydrogens (tertiary/aromatic N) is 5. The lowest BCUT2D eigenvalue weighted by Crippen LogP contribution is -2.59. The van der Waals surface area contributed by atoms with Gasteiger partial charge < -0.3 is 15.5 Å². The van der Waals surface area contributed by atoms with Crippen molar-refractivity contribution in [3.8, 4) is 0 Å². The second-order valence-electron chi connectivity index (χ2n) is 7.69. The molecule has 174 valence electrons. The third-order valence-electron chi connectivity index (χ3n) is 5.18. The van der Waals surface area contributed by atoms with Gasteiger partial charge in [0.1, 0.15) is 23.3 Å². The molecule has 1 aromatic carbocycles. The quantitative estimate of drug-likeness (QED) is 0.431. The van der Waals surface area contributed by atoms with E-state index in [9.17, 15) is 12.8 Å². The molecule has 10 nitrogen and oxygen atoms in total. The lowest BCUT2D eigenvalue weighted by atomic mass is 10.1. The molecule has 0 amide bonds. The Balaban J connectivity index is 1.54. The van der Waals surface area contributed by atoms with Gasteiger partial charge >= 0.3 is 0 Å². The summed E-state index contributed by atoms with van der Waals surface area (Å²) >= 11 is 0. The maximum absolute atomic E-state index is 13.3. The van der Waals surface area contributed by atoms with Crippen molar-refractivity contribution in [1.29, 1.82) is 0 Å². The van der Waals surface area contributed by atoms with Crippen LogP contribution in [0.1, 0.15) is 25.5 Å². The standard InChI is InChI=1S/C21H25FN8O2S/c1-3-33(31,32)29-17-12-30(13-17)20-10-18(26-19-11-23-8-9-24-19)27-21(28-20)25-14(2)15-4-6-16(22)7-5-15/h4-11,14,17,29H,3,12-13H2,1-2H3,(H2,24,25,26,27,28). The Kier molecular flexibility index (Phi) is 6.65. The molecule has 1 unspecified atom stereocenters. The van der Waals surface area contributed by atoms with E-state index in [0.29, 0.717) is 36.5 Å². The fourth-order valence-corrected chi connectivity index (χ4v) is 4.15. The highest BCUT2D eigenvalue weighted by atomic mass is 32.2. The molecule has 0 saturated carbocycles. The molecular weight excluding hydrogens is 447 g/mol. The van der Waals surface area contributed by atoms with Crippen LogP contribution in [0.4, 0.5) is 27.8 Å². The van der Waals surface area contributed by atoms with Gasteiger partial charge in [-0.25, -0.2) is 22.5 Å². The van der Waals surface area contributed by atoms with Crippen molar-refractivity contribution >= 4 is 33.4 Å². The summed E-state index contributed by atoms with van der Waals surface area (Å²) in [6.07, 6.45) is 4.72. The Morgan fingerprint density at radius 1 is 1.15 bits per heavy atom. The Labute approximate surface area is 191 Å². The molecule has 1 aliphatic rings. The maximum Gasteiger partial charge on any atom is 0.227 e. The fraction of sp³-hybridized carbons (Fsp3) is 0.333. The third kappa shape index (κ3) is 5.90. The number of sulfonamides is 1. The van der Waals surface area contributed by atoms with Gasteiger partial charge in [-0.2, -0.15) is 9.97 Å². The summed E-state index contributed by atoms with van der Waals surface area (Å²) in [5.74, 6) is 1.78. The van der Waals surface area contributed by atoms with Crippen LogP contribution in [-0.2, 0) is 10.0 Å². The molecule has 3 N–H and O–H groups in total. The van der Waals surface area contributed by atoms with Gasteiger partial charge in [-0.3, -0.25) is 4.98 Å². The summed E-state index contributed by atoms with van der Waals surface area (Å²) in [6.45, 7) is 4.52. The van der Waals surface area contributed by atoms with E-state index in [0.717, 1.165) is 5.56 Å². The average Bonchev–Trinajstić information content (AvgIpc) is 2.77. The van der Waals surface area contributed by atoms with Gasteiger partial charge in [0.25, 0.3) is 0 Å². The summed E-state index contributed by atoms with van der Waals surface area (Å²) in [5.41, 5.74) is 0.881. The number of hydrogen-bond acceptors (Lipinski definition) is 9. The van der Waals surface area contributed by atoms with Crippen LogP contribution in [0.25, 0.3) is 0 Å². The van der Waals surface area contributed by atoms with Crippen molar-refractivity contribution in [3.63, 3.8) is 0 Å². The molecule has 0 aliphatic carbocycles. The van der Waals surface area contributed by atoms with Crippen LogP contribution in [0.2, 0.25) is 0 Å². The molecule has 1 fully saturated rings. The Bertz CT molecular complexity index is 1190. The molecule has 3 aromatic rings. The molecule has 12 heteroatoms. The summed E-state index contributed by atoms with van der Waals surface area (Å²) in [5, 5.41) is 6.36. The first kappa shape index (κ1) is 22.8. The average molecular weight is 473 g/mol. The van der Waals surface area contributed by atoms with Crippen LogP contribution in [0.5, 0.6) is 0 Å². The number of rotatable bonds is 9. The minimum atomic E-state index is -3.27. The molecule has 2 aromatic heterocycles. The Hall–Kier alpha value is -3.38. The van der Waals surface area contributed by atoms with E-state index in [1.54, 1.807) is 43.7 Å². The van der Waals surface area contributed by atoms with E-state index in [1.165, 1.54) is 12.1 Å². The SMILES string of the molecule is CCS(=O)(=O)NC1CN(c2cc(Nc3cnccn3)nc(NC(C)c3ccc(F)cc3)n2)C1. The molecule has 33 heavy (non-hydrogen) atoms. The lowest BCUT2D eigenvalue weighted by molar-refractivity contribution is 0.466. The van der Waals surface area contributed by atoms with Crippen molar-refractivity contribution in [3.05, 3.63) is 60.3 Å². The van der Waals surface area contributed by atoms with E-state index in [-0.39, 0.29) is 23.7 Å². The van der Waals surface area contributed by atoms with E-state index in [1.807, 2.05) is 11.8 Å². The first-order valence-corrected chi connectivity index (χ1v) is 12.2. The summed E-state index contributed by atoms with van der Waals surface area (Å²) < 4.78 is 39.6. The van der Waals surface area contributed by atoms with Crippen LogP contribution in [0.3, 0.4) is 0 Å². The number of hydrogen-bond donors (Lipinski definition) is 3.